The van der Waals surface area contributed by atoms with Gasteiger partial charge in [-0.15, -0.1) is 0 Å². The fourth-order valence-corrected chi connectivity index (χ4v) is 3.83. The molecular formula is C25H37NO4. The third-order valence-electron chi connectivity index (χ3n) is 5.56. The number of hydrogen-bond acceptors (Lipinski definition) is 4. The van der Waals surface area contributed by atoms with Crippen LogP contribution in [0.25, 0.3) is 0 Å². The zero-order valence-corrected chi connectivity index (χ0v) is 19.0. The maximum atomic E-state index is 12.7. The molecule has 2 rings (SSSR count). The van der Waals surface area contributed by atoms with Gasteiger partial charge >= 0.3 is 0 Å². The van der Waals surface area contributed by atoms with Gasteiger partial charge in [-0.3, -0.25) is 4.79 Å². The molecule has 0 saturated carbocycles. The van der Waals surface area contributed by atoms with Crippen LogP contribution in [-0.2, 0) is 11.2 Å². The summed E-state index contributed by atoms with van der Waals surface area (Å²) in [5, 5.41) is 2.99. The number of methoxy groups -OCH3 is 3. The van der Waals surface area contributed by atoms with Crippen LogP contribution in [0.4, 0.5) is 5.69 Å². The van der Waals surface area contributed by atoms with Gasteiger partial charge in [-0.1, -0.05) is 56.8 Å². The van der Waals surface area contributed by atoms with Crippen molar-refractivity contribution in [3.63, 3.8) is 0 Å². The molecule has 1 aromatic carbocycles. The average molecular weight is 416 g/mol. The number of hydrogen-bond donors (Lipinski definition) is 1. The van der Waals surface area contributed by atoms with Crippen molar-refractivity contribution in [2.75, 3.05) is 26.6 Å². The Morgan fingerprint density at radius 2 is 1.47 bits per heavy atom. The van der Waals surface area contributed by atoms with E-state index in [1.165, 1.54) is 38.5 Å². The van der Waals surface area contributed by atoms with E-state index >= 15 is 0 Å². The number of benzene rings is 1. The molecule has 1 aromatic rings. The van der Waals surface area contributed by atoms with Gasteiger partial charge in [0.05, 0.1) is 27.0 Å². The van der Waals surface area contributed by atoms with Crippen LogP contribution in [0.2, 0.25) is 0 Å². The van der Waals surface area contributed by atoms with Crippen LogP contribution >= 0.6 is 0 Å². The lowest BCUT2D eigenvalue weighted by atomic mass is 10.0. The summed E-state index contributed by atoms with van der Waals surface area (Å²) in [5.74, 6) is 1.75. The highest BCUT2D eigenvalue weighted by atomic mass is 16.5. The first-order chi connectivity index (χ1) is 14.6. The van der Waals surface area contributed by atoms with Crippen LogP contribution in [0.5, 0.6) is 17.2 Å². The molecule has 0 aliphatic carbocycles. The van der Waals surface area contributed by atoms with E-state index in [1.54, 1.807) is 27.4 Å². The van der Waals surface area contributed by atoms with E-state index in [0.29, 0.717) is 28.5 Å². The number of nitrogens with one attached hydrogen (secondary N) is 1. The summed E-state index contributed by atoms with van der Waals surface area (Å²) in [6.45, 7) is 1.82. The Kier molecular flexibility index (Phi) is 10.3. The lowest BCUT2D eigenvalue weighted by molar-refractivity contribution is -0.112. The van der Waals surface area contributed by atoms with Gasteiger partial charge in [0.15, 0.2) is 11.5 Å². The first-order valence-electron chi connectivity index (χ1n) is 11.1. The van der Waals surface area contributed by atoms with E-state index in [0.717, 1.165) is 31.2 Å². The summed E-state index contributed by atoms with van der Waals surface area (Å²) in [6, 6.07) is 1.77. The van der Waals surface area contributed by atoms with Crippen molar-refractivity contribution in [2.24, 2.45) is 0 Å². The van der Waals surface area contributed by atoms with Crippen molar-refractivity contribution in [3.8, 4) is 17.2 Å². The molecule has 1 N–H and O–H groups in total. The molecule has 166 valence electrons. The third-order valence-corrected chi connectivity index (χ3v) is 5.56. The summed E-state index contributed by atoms with van der Waals surface area (Å²) in [5.41, 5.74) is 2.18. The average Bonchev–Trinajstić information content (AvgIpc) is 2.75. The molecule has 1 aliphatic heterocycles. The highest BCUT2D eigenvalue weighted by Gasteiger charge is 2.21. The normalized spacial score (nSPS) is 19.9. The molecule has 1 aliphatic rings. The van der Waals surface area contributed by atoms with Crippen LogP contribution in [0.15, 0.2) is 29.9 Å². The second kappa shape index (κ2) is 13.0. The zero-order valence-electron chi connectivity index (χ0n) is 19.0. The highest BCUT2D eigenvalue weighted by molar-refractivity contribution is 6.04. The topological polar surface area (TPSA) is 56.8 Å². The second-order valence-corrected chi connectivity index (χ2v) is 7.77. The van der Waals surface area contributed by atoms with Gasteiger partial charge in [-0.25, -0.2) is 0 Å². The van der Waals surface area contributed by atoms with E-state index in [4.69, 9.17) is 14.2 Å². The van der Waals surface area contributed by atoms with Crippen molar-refractivity contribution >= 4 is 11.6 Å². The number of ether oxygens (including phenoxy) is 3. The molecule has 2 bridgehead atoms. The van der Waals surface area contributed by atoms with Crippen LogP contribution in [0.1, 0.15) is 70.3 Å². The Labute approximate surface area is 181 Å². The molecule has 1 heterocycles. The van der Waals surface area contributed by atoms with Gasteiger partial charge in [0, 0.05) is 17.2 Å². The Morgan fingerprint density at radius 3 is 2.10 bits per heavy atom. The van der Waals surface area contributed by atoms with Gasteiger partial charge in [-0.2, -0.15) is 0 Å². The molecule has 0 unspecified atom stereocenters. The number of rotatable bonds is 3. The molecule has 1 amide bonds. The second-order valence-electron chi connectivity index (χ2n) is 7.77. The van der Waals surface area contributed by atoms with Gasteiger partial charge in [0.2, 0.25) is 0 Å². The van der Waals surface area contributed by atoms with E-state index < -0.39 is 0 Å². The minimum atomic E-state index is -0.158. The largest absolute Gasteiger partial charge is 0.494 e. The number of fused-ring (bicyclic) bond motifs is 2. The summed E-state index contributed by atoms with van der Waals surface area (Å²) >= 11 is 0. The fraction of sp³-hybridized carbons (Fsp3) is 0.560. The molecule has 0 atom stereocenters. The number of allylic oxidation sites excluding steroid dienone is 3. The van der Waals surface area contributed by atoms with Crippen molar-refractivity contribution < 1.29 is 19.0 Å². The first-order valence-corrected chi connectivity index (χ1v) is 11.1. The lowest BCUT2D eigenvalue weighted by Crippen LogP contribution is -2.14. The highest BCUT2D eigenvalue weighted by Crippen LogP contribution is 2.44. The summed E-state index contributed by atoms with van der Waals surface area (Å²) in [7, 11) is 4.87. The number of anilines is 1. The van der Waals surface area contributed by atoms with E-state index in [-0.39, 0.29) is 5.91 Å². The zero-order chi connectivity index (χ0) is 21.8. The molecule has 5 heteroatoms. The number of carbonyl (C=O) groups excluding carboxylic acids is 1. The minimum Gasteiger partial charge on any atom is -0.494 e. The number of carbonyl (C=O) groups is 1. The third kappa shape index (κ3) is 6.82. The molecule has 0 radical (unpaired) electrons. The van der Waals surface area contributed by atoms with Gasteiger partial charge in [0.25, 0.3) is 5.91 Å². The minimum absolute atomic E-state index is 0.158. The maximum absolute atomic E-state index is 12.7. The Bertz CT molecular complexity index is 752. The van der Waals surface area contributed by atoms with Gasteiger partial charge in [0.1, 0.15) is 5.75 Å². The van der Waals surface area contributed by atoms with Gasteiger partial charge in [-0.05, 0) is 32.6 Å². The van der Waals surface area contributed by atoms with Crippen LogP contribution in [0, 0.1) is 0 Å². The predicted octanol–water partition coefficient (Wildman–Crippen LogP) is 6.22. The van der Waals surface area contributed by atoms with Crippen molar-refractivity contribution in [1.82, 2.24) is 0 Å². The Morgan fingerprint density at radius 1 is 0.833 bits per heavy atom. The fourth-order valence-electron chi connectivity index (χ4n) is 3.83. The van der Waals surface area contributed by atoms with Crippen molar-refractivity contribution in [2.45, 2.75) is 71.1 Å². The number of amides is 1. The molecule has 0 fully saturated rings. The van der Waals surface area contributed by atoms with Crippen LogP contribution < -0.4 is 19.5 Å². The maximum Gasteiger partial charge on any atom is 0.251 e. The molecule has 0 saturated heterocycles. The summed E-state index contributed by atoms with van der Waals surface area (Å²) < 4.78 is 16.9. The van der Waals surface area contributed by atoms with E-state index in [9.17, 15) is 4.79 Å². The Balaban J connectivity index is 2.37. The van der Waals surface area contributed by atoms with Gasteiger partial charge < -0.3 is 19.5 Å². The quantitative estimate of drug-likeness (QED) is 0.637. The Hall–Kier alpha value is -2.43. The summed E-state index contributed by atoms with van der Waals surface area (Å²) in [4.78, 5) is 12.7. The smallest absolute Gasteiger partial charge is 0.251 e. The molecular weight excluding hydrogens is 378 g/mol. The van der Waals surface area contributed by atoms with Crippen LogP contribution in [-0.4, -0.2) is 27.2 Å². The van der Waals surface area contributed by atoms with E-state index in [1.807, 2.05) is 19.1 Å². The predicted molar refractivity (Wildman–Crippen MR) is 123 cm³/mol. The molecule has 0 spiro atoms. The van der Waals surface area contributed by atoms with Crippen molar-refractivity contribution in [1.29, 1.82) is 0 Å². The molecule has 0 aromatic heterocycles. The monoisotopic (exact) mass is 415 g/mol. The first kappa shape index (κ1) is 23.8. The summed E-state index contributed by atoms with van der Waals surface area (Å²) in [6.07, 6.45) is 17.6. The molecule has 5 nitrogen and oxygen atoms in total. The van der Waals surface area contributed by atoms with Crippen molar-refractivity contribution in [3.05, 3.63) is 35.4 Å². The van der Waals surface area contributed by atoms with Crippen LogP contribution in [0.3, 0.4) is 0 Å². The lowest BCUT2D eigenvalue weighted by Gasteiger charge is -2.20. The molecule has 30 heavy (non-hydrogen) atoms. The SMILES string of the molecule is COc1cc2c(OC)c(c1OC)CCCCCCCCCC/C=C\C=C(/C)C(=O)N2. The van der Waals surface area contributed by atoms with E-state index in [2.05, 4.69) is 11.4 Å². The standard InChI is InChI=1S/C25H37NO4/c1-19-16-14-12-10-8-6-5-7-9-11-13-15-17-20-23(29-3)21(26-25(19)27)18-22(28-2)24(20)30-4/h12,14,16,18H,5-11,13,15,17H2,1-4H3,(H,26,27)/b14-12-,19-16+.